The quantitative estimate of drug-likeness (QED) is 0.901. The highest BCUT2D eigenvalue weighted by molar-refractivity contribution is 5.78. The molecule has 0 unspecified atom stereocenters. The number of benzene rings is 1. The van der Waals surface area contributed by atoms with Crippen LogP contribution in [0, 0.1) is 13.8 Å². The van der Waals surface area contributed by atoms with Gasteiger partial charge in [-0.15, -0.1) is 0 Å². The van der Waals surface area contributed by atoms with Gasteiger partial charge in [0.15, 0.2) is 0 Å². The molecule has 0 aliphatic rings. The zero-order valence-corrected chi connectivity index (χ0v) is 10.8. The molecule has 2 aromatic rings. The fourth-order valence-corrected chi connectivity index (χ4v) is 2.26. The first kappa shape index (κ1) is 12.4. The summed E-state index contributed by atoms with van der Waals surface area (Å²) in [5.41, 5.74) is 4.73. The lowest BCUT2D eigenvalue weighted by Gasteiger charge is -2.07. The van der Waals surface area contributed by atoms with Gasteiger partial charge in [0.25, 0.3) is 0 Å². The Hall–Kier alpha value is -2.10. The number of hydrogen-bond acceptors (Lipinski definition) is 2. The first-order valence-corrected chi connectivity index (χ1v) is 5.81. The summed E-state index contributed by atoms with van der Waals surface area (Å²) in [7, 11) is 1.78. The van der Waals surface area contributed by atoms with E-state index in [1.165, 1.54) is 0 Å². The van der Waals surface area contributed by atoms with Crippen LogP contribution in [0.25, 0.3) is 11.1 Å². The summed E-state index contributed by atoms with van der Waals surface area (Å²) in [6, 6.07) is 7.96. The summed E-state index contributed by atoms with van der Waals surface area (Å²) in [5.74, 6) is -0.840. The second kappa shape index (κ2) is 4.64. The van der Waals surface area contributed by atoms with E-state index in [1.807, 2.05) is 38.1 Å². The van der Waals surface area contributed by atoms with Gasteiger partial charge in [0, 0.05) is 12.6 Å². The first-order valence-electron chi connectivity index (χ1n) is 5.81. The zero-order valence-electron chi connectivity index (χ0n) is 10.8. The molecule has 0 amide bonds. The van der Waals surface area contributed by atoms with Crippen molar-refractivity contribution in [3.05, 3.63) is 41.2 Å². The second-order valence-electron chi connectivity index (χ2n) is 4.42. The molecule has 0 atom stereocenters. The molecule has 0 fully saturated rings. The molecular formula is C14H16N2O2. The van der Waals surface area contributed by atoms with Gasteiger partial charge in [-0.2, -0.15) is 5.10 Å². The van der Waals surface area contributed by atoms with Crippen LogP contribution in [0.2, 0.25) is 0 Å². The summed E-state index contributed by atoms with van der Waals surface area (Å²) >= 11 is 0. The Morgan fingerprint density at radius 1 is 1.33 bits per heavy atom. The van der Waals surface area contributed by atoms with Gasteiger partial charge in [0.1, 0.15) is 0 Å². The van der Waals surface area contributed by atoms with Crippen LogP contribution in [0.4, 0.5) is 0 Å². The Kier molecular flexibility index (Phi) is 3.19. The highest BCUT2D eigenvalue weighted by atomic mass is 16.4. The monoisotopic (exact) mass is 244 g/mol. The molecule has 4 nitrogen and oxygen atoms in total. The van der Waals surface area contributed by atoms with Gasteiger partial charge in [0.05, 0.1) is 17.8 Å². The van der Waals surface area contributed by atoms with E-state index in [0.717, 1.165) is 28.1 Å². The minimum absolute atomic E-state index is 0.0129. The summed E-state index contributed by atoms with van der Waals surface area (Å²) in [4.78, 5) is 11.0. The third-order valence-electron chi connectivity index (χ3n) is 3.07. The lowest BCUT2D eigenvalue weighted by atomic mass is 9.97. The lowest BCUT2D eigenvalue weighted by molar-refractivity contribution is -0.136. The average Bonchev–Trinajstić information content (AvgIpc) is 2.55. The van der Waals surface area contributed by atoms with Crippen molar-refractivity contribution in [3.8, 4) is 11.1 Å². The number of carboxylic acids is 1. The summed E-state index contributed by atoms with van der Waals surface area (Å²) in [5, 5.41) is 13.3. The van der Waals surface area contributed by atoms with Crippen LogP contribution in [0.15, 0.2) is 24.3 Å². The minimum atomic E-state index is -0.840. The summed E-state index contributed by atoms with van der Waals surface area (Å²) in [6.45, 7) is 3.93. The Balaban J connectivity index is 2.63. The number of hydrogen-bond donors (Lipinski definition) is 1. The van der Waals surface area contributed by atoms with Gasteiger partial charge in [-0.05, 0) is 25.0 Å². The van der Waals surface area contributed by atoms with Crippen molar-refractivity contribution < 1.29 is 9.90 Å². The topological polar surface area (TPSA) is 55.1 Å². The standard InChI is InChI=1S/C14H16N2O2/c1-9-6-4-5-7-11(9)14-10(2)15-16(3)12(14)8-13(17)18/h4-7H,8H2,1-3H3,(H,17,18). The Morgan fingerprint density at radius 3 is 2.61 bits per heavy atom. The Labute approximate surface area is 106 Å². The van der Waals surface area contributed by atoms with E-state index in [-0.39, 0.29) is 6.42 Å². The molecule has 1 N–H and O–H groups in total. The molecule has 94 valence electrons. The first-order chi connectivity index (χ1) is 8.50. The number of carboxylic acid groups (broad SMARTS) is 1. The van der Waals surface area contributed by atoms with Crippen LogP contribution >= 0.6 is 0 Å². The molecule has 0 saturated carbocycles. The van der Waals surface area contributed by atoms with Crippen molar-refractivity contribution in [2.24, 2.45) is 7.05 Å². The van der Waals surface area contributed by atoms with Crippen LogP contribution in [-0.4, -0.2) is 20.9 Å². The zero-order chi connectivity index (χ0) is 13.3. The molecule has 0 saturated heterocycles. The smallest absolute Gasteiger partial charge is 0.309 e. The van der Waals surface area contributed by atoms with Gasteiger partial charge in [-0.3, -0.25) is 9.48 Å². The maximum absolute atomic E-state index is 11.0. The molecule has 0 aliphatic carbocycles. The Morgan fingerprint density at radius 2 is 2.00 bits per heavy atom. The van der Waals surface area contributed by atoms with Crippen molar-refractivity contribution in [2.75, 3.05) is 0 Å². The Bertz CT molecular complexity index is 600. The second-order valence-corrected chi connectivity index (χ2v) is 4.42. The van der Waals surface area contributed by atoms with E-state index in [2.05, 4.69) is 5.10 Å². The van der Waals surface area contributed by atoms with Crippen LogP contribution in [0.5, 0.6) is 0 Å². The molecule has 1 heterocycles. The summed E-state index contributed by atoms with van der Waals surface area (Å²) < 4.78 is 1.66. The van der Waals surface area contributed by atoms with Crippen LogP contribution in [0.1, 0.15) is 17.0 Å². The molecule has 0 aliphatic heterocycles. The highest BCUT2D eigenvalue weighted by Crippen LogP contribution is 2.29. The van der Waals surface area contributed by atoms with E-state index >= 15 is 0 Å². The molecule has 1 aromatic heterocycles. The van der Waals surface area contributed by atoms with Crippen molar-refractivity contribution >= 4 is 5.97 Å². The number of aliphatic carboxylic acids is 1. The largest absolute Gasteiger partial charge is 0.481 e. The fraction of sp³-hybridized carbons (Fsp3) is 0.286. The molecule has 0 radical (unpaired) electrons. The predicted octanol–water partition coefficient (Wildman–Crippen LogP) is 2.33. The molecule has 1 aromatic carbocycles. The van der Waals surface area contributed by atoms with Crippen molar-refractivity contribution in [1.82, 2.24) is 9.78 Å². The number of rotatable bonds is 3. The average molecular weight is 244 g/mol. The molecule has 4 heteroatoms. The van der Waals surface area contributed by atoms with Crippen molar-refractivity contribution in [3.63, 3.8) is 0 Å². The number of nitrogens with zero attached hydrogens (tertiary/aromatic N) is 2. The van der Waals surface area contributed by atoms with Crippen molar-refractivity contribution in [1.29, 1.82) is 0 Å². The van der Waals surface area contributed by atoms with Crippen LogP contribution < -0.4 is 0 Å². The maximum Gasteiger partial charge on any atom is 0.309 e. The normalized spacial score (nSPS) is 10.6. The van der Waals surface area contributed by atoms with E-state index in [4.69, 9.17) is 5.11 Å². The van der Waals surface area contributed by atoms with Gasteiger partial charge in [0.2, 0.25) is 0 Å². The minimum Gasteiger partial charge on any atom is -0.481 e. The number of carbonyl (C=O) groups is 1. The van der Waals surface area contributed by atoms with E-state index in [9.17, 15) is 4.79 Å². The van der Waals surface area contributed by atoms with Gasteiger partial charge >= 0.3 is 5.97 Å². The van der Waals surface area contributed by atoms with Gasteiger partial charge in [-0.25, -0.2) is 0 Å². The van der Waals surface area contributed by atoms with E-state index < -0.39 is 5.97 Å². The fourth-order valence-electron chi connectivity index (χ4n) is 2.26. The van der Waals surface area contributed by atoms with Crippen molar-refractivity contribution in [2.45, 2.75) is 20.3 Å². The lowest BCUT2D eigenvalue weighted by Crippen LogP contribution is -2.07. The SMILES string of the molecule is Cc1ccccc1-c1c(C)nn(C)c1CC(=O)O. The predicted molar refractivity (Wildman–Crippen MR) is 69.5 cm³/mol. The number of aryl methyl sites for hydroxylation is 3. The molecule has 18 heavy (non-hydrogen) atoms. The van der Waals surface area contributed by atoms with Gasteiger partial charge in [-0.1, -0.05) is 24.3 Å². The highest BCUT2D eigenvalue weighted by Gasteiger charge is 2.18. The molecule has 2 rings (SSSR count). The van der Waals surface area contributed by atoms with E-state index in [0.29, 0.717) is 0 Å². The van der Waals surface area contributed by atoms with E-state index in [1.54, 1.807) is 11.7 Å². The third kappa shape index (κ3) is 2.14. The summed E-state index contributed by atoms with van der Waals surface area (Å²) in [6.07, 6.45) is -0.0129. The molecule has 0 bridgehead atoms. The van der Waals surface area contributed by atoms with Crippen LogP contribution in [0.3, 0.4) is 0 Å². The van der Waals surface area contributed by atoms with Crippen LogP contribution in [-0.2, 0) is 18.3 Å². The third-order valence-corrected chi connectivity index (χ3v) is 3.07. The molecule has 0 spiro atoms. The maximum atomic E-state index is 11.0. The number of aromatic nitrogens is 2. The molecular weight excluding hydrogens is 228 g/mol. The van der Waals surface area contributed by atoms with Gasteiger partial charge < -0.3 is 5.11 Å².